The molecule has 28 heavy (non-hydrogen) atoms. The Morgan fingerprint density at radius 3 is 2.89 bits per heavy atom. The van der Waals surface area contributed by atoms with Gasteiger partial charge in [0.25, 0.3) is 5.91 Å². The molecule has 0 atom stereocenters. The van der Waals surface area contributed by atoms with Crippen molar-refractivity contribution in [1.29, 1.82) is 0 Å². The minimum atomic E-state index is -0.107. The minimum absolute atomic E-state index is 0.107. The minimum Gasteiger partial charge on any atom is -0.497 e. The van der Waals surface area contributed by atoms with Gasteiger partial charge in [-0.15, -0.1) is 0 Å². The van der Waals surface area contributed by atoms with Crippen LogP contribution in [0.15, 0.2) is 48.7 Å². The van der Waals surface area contributed by atoms with E-state index in [0.29, 0.717) is 24.4 Å². The molecule has 1 amide bonds. The number of nitrogens with zero attached hydrogens (tertiary/aromatic N) is 3. The second-order valence-corrected chi connectivity index (χ2v) is 6.91. The zero-order valence-corrected chi connectivity index (χ0v) is 16.0. The van der Waals surface area contributed by atoms with E-state index in [4.69, 9.17) is 9.84 Å². The van der Waals surface area contributed by atoms with E-state index in [-0.39, 0.29) is 5.91 Å². The van der Waals surface area contributed by atoms with Crippen molar-refractivity contribution in [2.75, 3.05) is 13.7 Å². The van der Waals surface area contributed by atoms with E-state index in [1.165, 1.54) is 24.1 Å². The fraction of sp³-hybridized carbons (Fsp3) is 0.318. The van der Waals surface area contributed by atoms with Crippen molar-refractivity contribution in [3.05, 3.63) is 65.5 Å². The molecule has 1 aliphatic carbocycles. The van der Waals surface area contributed by atoms with E-state index in [1.54, 1.807) is 25.4 Å². The Morgan fingerprint density at radius 2 is 2.07 bits per heavy atom. The predicted octanol–water partition coefficient (Wildman–Crippen LogP) is 3.26. The van der Waals surface area contributed by atoms with Crippen LogP contribution in [0.3, 0.4) is 0 Å². The van der Waals surface area contributed by atoms with Crippen molar-refractivity contribution in [1.82, 2.24) is 20.1 Å². The van der Waals surface area contributed by atoms with Gasteiger partial charge in [-0.1, -0.05) is 12.1 Å². The van der Waals surface area contributed by atoms with Crippen LogP contribution in [0.25, 0.3) is 11.4 Å². The second kappa shape index (κ2) is 8.25. The van der Waals surface area contributed by atoms with Crippen LogP contribution in [0.4, 0.5) is 0 Å². The van der Waals surface area contributed by atoms with Gasteiger partial charge in [-0.05, 0) is 56.0 Å². The summed E-state index contributed by atoms with van der Waals surface area (Å²) in [7, 11) is 1.59. The van der Waals surface area contributed by atoms with Crippen LogP contribution in [0.1, 0.15) is 34.5 Å². The maximum absolute atomic E-state index is 12.4. The molecular formula is C22H24N4O2. The van der Waals surface area contributed by atoms with Crippen LogP contribution in [0, 0.1) is 0 Å². The topological polar surface area (TPSA) is 69.0 Å². The van der Waals surface area contributed by atoms with Gasteiger partial charge in [0.05, 0.1) is 19.3 Å². The summed E-state index contributed by atoms with van der Waals surface area (Å²) in [5, 5.41) is 7.83. The molecule has 6 heteroatoms. The average molecular weight is 376 g/mol. The number of methoxy groups -OCH3 is 1. The molecule has 0 bridgehead atoms. The molecule has 0 unspecified atom stereocenters. The van der Waals surface area contributed by atoms with Gasteiger partial charge >= 0.3 is 0 Å². The molecule has 1 N–H and O–H groups in total. The maximum atomic E-state index is 12.4. The average Bonchev–Trinajstić information content (AvgIpc) is 3.13. The number of pyridine rings is 1. The Morgan fingerprint density at radius 1 is 1.18 bits per heavy atom. The largest absolute Gasteiger partial charge is 0.497 e. The van der Waals surface area contributed by atoms with E-state index in [9.17, 15) is 4.79 Å². The number of ether oxygens (including phenoxy) is 1. The van der Waals surface area contributed by atoms with Crippen molar-refractivity contribution in [3.63, 3.8) is 0 Å². The molecule has 2 heterocycles. The third kappa shape index (κ3) is 3.76. The molecule has 4 rings (SSSR count). The molecule has 0 saturated carbocycles. The lowest BCUT2D eigenvalue weighted by molar-refractivity contribution is 0.0951. The van der Waals surface area contributed by atoms with Crippen LogP contribution < -0.4 is 10.1 Å². The molecule has 144 valence electrons. The molecule has 1 aliphatic rings. The highest BCUT2D eigenvalue weighted by Crippen LogP contribution is 2.30. The van der Waals surface area contributed by atoms with E-state index >= 15 is 0 Å². The van der Waals surface area contributed by atoms with Gasteiger partial charge in [-0.2, -0.15) is 5.10 Å². The lowest BCUT2D eigenvalue weighted by Crippen LogP contribution is -2.28. The number of amides is 1. The maximum Gasteiger partial charge on any atom is 0.251 e. The van der Waals surface area contributed by atoms with Gasteiger partial charge in [-0.3, -0.25) is 14.5 Å². The number of aromatic nitrogens is 3. The normalized spacial score (nSPS) is 13.0. The summed E-state index contributed by atoms with van der Waals surface area (Å²) in [6.07, 6.45) is 6.23. The summed E-state index contributed by atoms with van der Waals surface area (Å²) >= 11 is 0. The first-order valence-electron chi connectivity index (χ1n) is 9.68. The lowest BCUT2D eigenvalue weighted by atomic mass is 9.95. The van der Waals surface area contributed by atoms with Crippen molar-refractivity contribution >= 4 is 5.91 Å². The monoisotopic (exact) mass is 376 g/mol. The number of fused-ring (bicyclic) bond motifs is 1. The number of nitrogens with one attached hydrogen (secondary N) is 1. The first-order valence-corrected chi connectivity index (χ1v) is 9.68. The Kier molecular flexibility index (Phi) is 5.37. The van der Waals surface area contributed by atoms with Crippen molar-refractivity contribution in [3.8, 4) is 17.1 Å². The van der Waals surface area contributed by atoms with E-state index in [1.807, 2.05) is 35.0 Å². The van der Waals surface area contributed by atoms with E-state index in [0.717, 1.165) is 24.2 Å². The highest BCUT2D eigenvalue weighted by Gasteiger charge is 2.22. The molecule has 0 spiro atoms. The van der Waals surface area contributed by atoms with Gasteiger partial charge in [0.2, 0.25) is 0 Å². The first kappa shape index (κ1) is 18.2. The van der Waals surface area contributed by atoms with Gasteiger partial charge < -0.3 is 10.1 Å². The molecular weight excluding hydrogens is 352 g/mol. The SMILES string of the molecule is COc1cccc(C(=O)NCCn2nc(-c3ccccn3)c3c2CCCC3)c1. The zero-order chi connectivity index (χ0) is 19.3. The van der Waals surface area contributed by atoms with Crippen molar-refractivity contribution in [2.45, 2.75) is 32.2 Å². The van der Waals surface area contributed by atoms with Gasteiger partial charge in [0, 0.05) is 29.6 Å². The molecule has 3 aromatic rings. The third-order valence-electron chi connectivity index (χ3n) is 5.11. The summed E-state index contributed by atoms with van der Waals surface area (Å²) in [6.45, 7) is 1.16. The quantitative estimate of drug-likeness (QED) is 0.717. The highest BCUT2D eigenvalue weighted by molar-refractivity contribution is 5.94. The molecule has 1 aromatic carbocycles. The molecule has 6 nitrogen and oxygen atoms in total. The highest BCUT2D eigenvalue weighted by atomic mass is 16.5. The van der Waals surface area contributed by atoms with Gasteiger partial charge in [0.15, 0.2) is 0 Å². The van der Waals surface area contributed by atoms with Crippen LogP contribution in [-0.4, -0.2) is 34.3 Å². The summed E-state index contributed by atoms with van der Waals surface area (Å²) in [5.74, 6) is 0.568. The number of benzene rings is 1. The first-order chi connectivity index (χ1) is 13.8. The molecule has 2 aromatic heterocycles. The van der Waals surface area contributed by atoms with Crippen molar-refractivity contribution in [2.24, 2.45) is 0 Å². The molecule has 0 saturated heterocycles. The number of carbonyl (C=O) groups excluding carboxylic acids is 1. The van der Waals surface area contributed by atoms with E-state index in [2.05, 4.69) is 10.3 Å². The smallest absolute Gasteiger partial charge is 0.251 e. The van der Waals surface area contributed by atoms with Crippen molar-refractivity contribution < 1.29 is 9.53 Å². The Hall–Kier alpha value is -3.15. The van der Waals surface area contributed by atoms with Gasteiger partial charge in [-0.25, -0.2) is 0 Å². The Balaban J connectivity index is 1.48. The molecule has 0 radical (unpaired) electrons. The van der Waals surface area contributed by atoms with Crippen LogP contribution in [0.2, 0.25) is 0 Å². The van der Waals surface area contributed by atoms with E-state index < -0.39 is 0 Å². The zero-order valence-electron chi connectivity index (χ0n) is 16.0. The summed E-state index contributed by atoms with van der Waals surface area (Å²) < 4.78 is 7.23. The number of rotatable bonds is 6. The fourth-order valence-corrected chi connectivity index (χ4v) is 3.71. The van der Waals surface area contributed by atoms with Crippen LogP contribution >= 0.6 is 0 Å². The van der Waals surface area contributed by atoms with Crippen LogP contribution in [-0.2, 0) is 19.4 Å². The van der Waals surface area contributed by atoms with Gasteiger partial charge in [0.1, 0.15) is 11.4 Å². The Labute approximate surface area is 164 Å². The summed E-state index contributed by atoms with van der Waals surface area (Å²) in [6, 6.07) is 13.1. The standard InChI is InChI=1S/C22H24N4O2/c1-28-17-8-6-7-16(15-17)22(27)24-13-14-26-20-11-3-2-9-18(20)21(25-26)19-10-4-5-12-23-19/h4-8,10,12,15H,2-3,9,11,13-14H2,1H3,(H,24,27). The Bertz CT molecular complexity index is 966. The third-order valence-corrected chi connectivity index (χ3v) is 5.11. The number of hydrogen-bond donors (Lipinski definition) is 1. The van der Waals surface area contributed by atoms with Crippen LogP contribution in [0.5, 0.6) is 5.75 Å². The number of carbonyl (C=O) groups is 1. The summed E-state index contributed by atoms with van der Waals surface area (Å²) in [4.78, 5) is 16.9. The summed E-state index contributed by atoms with van der Waals surface area (Å²) in [5.41, 5.74) is 5.08. The molecule has 0 fully saturated rings. The predicted molar refractivity (Wildman–Crippen MR) is 107 cm³/mol. The molecule has 0 aliphatic heterocycles. The second-order valence-electron chi connectivity index (χ2n) is 6.91. The fourth-order valence-electron chi connectivity index (χ4n) is 3.71. The number of hydrogen-bond acceptors (Lipinski definition) is 4. The lowest BCUT2D eigenvalue weighted by Gasteiger charge is -2.14.